The van der Waals surface area contributed by atoms with Crippen molar-refractivity contribution in [3.8, 4) is 12.1 Å². The number of nitriles is 2. The molecule has 5 rings (SSSR count). The molecular weight excluding hydrogens is 420 g/mol. The molecule has 0 bridgehead atoms. The Balaban J connectivity index is 1.79. The number of hydrogen-bond acceptors (Lipinski definition) is 5. The third-order valence-corrected chi connectivity index (χ3v) is 6.54. The monoisotopic (exact) mass is 436 g/mol. The normalized spacial score (nSPS) is 22.3. The van der Waals surface area contributed by atoms with Crippen LogP contribution in [-0.4, -0.2) is 22.9 Å². The molecule has 0 saturated carbocycles. The zero-order chi connectivity index (χ0) is 22.3. The van der Waals surface area contributed by atoms with Gasteiger partial charge in [0.25, 0.3) is 0 Å². The lowest BCUT2D eigenvalue weighted by Gasteiger charge is -2.35. The van der Waals surface area contributed by atoms with Crippen molar-refractivity contribution in [2.75, 3.05) is 4.90 Å². The number of rotatable bonds is 3. The molecule has 2 aromatic carbocycles. The quantitative estimate of drug-likeness (QED) is 0.538. The summed E-state index contributed by atoms with van der Waals surface area (Å²) in [7, 11) is 0. The third-order valence-electron chi connectivity index (χ3n) is 6.30. The molecule has 1 aromatic heterocycles. The van der Waals surface area contributed by atoms with E-state index in [4.69, 9.17) is 11.6 Å². The summed E-state index contributed by atoms with van der Waals surface area (Å²) in [4.78, 5) is 20.3. The Hall–Kier alpha value is -3.93. The van der Waals surface area contributed by atoms with E-state index in [9.17, 15) is 15.3 Å². The largest absolute Gasteiger partial charge is 0.351 e. The van der Waals surface area contributed by atoms with Crippen LogP contribution < -0.4 is 4.90 Å². The summed E-state index contributed by atoms with van der Waals surface area (Å²) in [5, 5.41) is 21.3. The molecule has 2 aliphatic rings. The van der Waals surface area contributed by atoms with Crippen LogP contribution in [-0.2, 0) is 0 Å². The fourth-order valence-corrected chi connectivity index (χ4v) is 5.10. The first-order valence-corrected chi connectivity index (χ1v) is 10.6. The maximum atomic E-state index is 13.9. The number of carbonyl (C=O) groups excluding carboxylic acids is 1. The smallest absolute Gasteiger partial charge is 0.186 e. The minimum absolute atomic E-state index is 0.158. The van der Waals surface area contributed by atoms with Gasteiger partial charge in [0, 0.05) is 28.2 Å². The summed E-state index contributed by atoms with van der Waals surface area (Å²) in [6.45, 7) is 0. The van der Waals surface area contributed by atoms with Crippen molar-refractivity contribution >= 4 is 29.1 Å². The van der Waals surface area contributed by atoms with Gasteiger partial charge in [0.05, 0.1) is 24.1 Å². The number of aromatic nitrogens is 1. The van der Waals surface area contributed by atoms with Gasteiger partial charge in [-0.2, -0.15) is 10.5 Å². The molecule has 2 aliphatic heterocycles. The molecule has 0 unspecified atom stereocenters. The molecule has 5 nitrogen and oxygen atoms in total. The summed E-state index contributed by atoms with van der Waals surface area (Å²) in [6, 6.07) is 22.9. The first kappa shape index (κ1) is 20.0. The molecule has 3 heterocycles. The van der Waals surface area contributed by atoms with Crippen molar-refractivity contribution in [3.05, 3.63) is 101 Å². The molecule has 1 saturated heterocycles. The number of hydrogen-bond donors (Lipinski definition) is 0. The predicted molar refractivity (Wildman–Crippen MR) is 122 cm³/mol. The third kappa shape index (κ3) is 2.83. The Labute approximate surface area is 190 Å². The Morgan fingerprint density at radius 2 is 1.78 bits per heavy atom. The van der Waals surface area contributed by atoms with Crippen LogP contribution >= 0.6 is 11.6 Å². The molecule has 0 amide bonds. The highest BCUT2D eigenvalue weighted by Gasteiger charge is 2.63. The fourth-order valence-electron chi connectivity index (χ4n) is 4.92. The van der Waals surface area contributed by atoms with E-state index in [1.54, 1.807) is 48.7 Å². The number of benzene rings is 2. The van der Waals surface area contributed by atoms with Gasteiger partial charge in [0.2, 0.25) is 0 Å². The standard InChI is InChI=1S/C26H17ClN4O/c27-19-10-11-21-18(14-19)9-12-22-26(15-28,16-29)23(20-8-4-5-13-30-20)24(31(21)22)25(32)17-6-2-1-3-7-17/h1-14,22-24H/t22-,23-,24+/m0/s1. The maximum Gasteiger partial charge on any atom is 0.186 e. The minimum Gasteiger partial charge on any atom is -0.351 e. The van der Waals surface area contributed by atoms with Gasteiger partial charge < -0.3 is 4.90 Å². The number of pyridine rings is 1. The Kier molecular flexibility index (Phi) is 4.78. The summed E-state index contributed by atoms with van der Waals surface area (Å²) < 4.78 is 0. The van der Waals surface area contributed by atoms with E-state index >= 15 is 0 Å². The molecule has 0 spiro atoms. The molecular formula is C26H17ClN4O. The molecule has 0 N–H and O–H groups in total. The minimum atomic E-state index is -1.50. The van der Waals surface area contributed by atoms with Crippen LogP contribution in [0.5, 0.6) is 0 Å². The van der Waals surface area contributed by atoms with Gasteiger partial charge in [-0.25, -0.2) is 0 Å². The van der Waals surface area contributed by atoms with Gasteiger partial charge >= 0.3 is 0 Å². The lowest BCUT2D eigenvalue weighted by molar-refractivity contribution is 0.0950. The van der Waals surface area contributed by atoms with Crippen molar-refractivity contribution in [2.45, 2.75) is 18.0 Å². The zero-order valence-corrected chi connectivity index (χ0v) is 17.6. The number of anilines is 1. The van der Waals surface area contributed by atoms with Crippen LogP contribution in [0.3, 0.4) is 0 Å². The second-order valence-electron chi connectivity index (χ2n) is 7.91. The molecule has 0 aliphatic carbocycles. The van der Waals surface area contributed by atoms with E-state index in [0.717, 1.165) is 11.3 Å². The number of nitrogens with zero attached hydrogens (tertiary/aromatic N) is 4. The summed E-state index contributed by atoms with van der Waals surface area (Å²) in [5.41, 5.74) is 1.17. The van der Waals surface area contributed by atoms with E-state index in [1.807, 2.05) is 41.3 Å². The summed E-state index contributed by atoms with van der Waals surface area (Å²) in [6.07, 6.45) is 5.33. The topological polar surface area (TPSA) is 80.8 Å². The maximum absolute atomic E-state index is 13.9. The van der Waals surface area contributed by atoms with Crippen molar-refractivity contribution in [2.24, 2.45) is 5.41 Å². The highest BCUT2D eigenvalue weighted by Crippen LogP contribution is 2.55. The Morgan fingerprint density at radius 1 is 1.03 bits per heavy atom. The SMILES string of the molecule is N#CC1(C#N)[C@@H]2C=Cc3cc(Cl)ccc3N2[C@@H](C(=O)c2ccccc2)[C@@H]1c1ccccn1. The second kappa shape index (κ2) is 7.64. The van der Waals surface area contributed by atoms with Gasteiger partial charge in [-0.15, -0.1) is 0 Å². The van der Waals surface area contributed by atoms with Crippen molar-refractivity contribution < 1.29 is 4.79 Å². The van der Waals surface area contributed by atoms with E-state index in [0.29, 0.717) is 16.3 Å². The molecule has 3 aromatic rings. The summed E-state index contributed by atoms with van der Waals surface area (Å²) in [5.74, 6) is -0.905. The van der Waals surface area contributed by atoms with Crippen LogP contribution in [0.2, 0.25) is 5.02 Å². The van der Waals surface area contributed by atoms with Gasteiger partial charge in [-0.05, 0) is 35.9 Å². The fraction of sp³-hybridized carbons (Fsp3) is 0.154. The highest BCUT2D eigenvalue weighted by atomic mass is 35.5. The van der Waals surface area contributed by atoms with Gasteiger partial charge in [-0.3, -0.25) is 9.78 Å². The van der Waals surface area contributed by atoms with Crippen LogP contribution in [0.4, 0.5) is 5.69 Å². The zero-order valence-electron chi connectivity index (χ0n) is 16.9. The van der Waals surface area contributed by atoms with Crippen LogP contribution in [0.25, 0.3) is 6.08 Å². The lowest BCUT2D eigenvalue weighted by Crippen LogP contribution is -2.44. The molecule has 1 fully saturated rings. The molecule has 3 atom stereocenters. The van der Waals surface area contributed by atoms with Gasteiger partial charge in [-0.1, -0.05) is 60.2 Å². The summed E-state index contributed by atoms with van der Waals surface area (Å²) >= 11 is 6.22. The second-order valence-corrected chi connectivity index (χ2v) is 8.35. The Morgan fingerprint density at radius 3 is 2.47 bits per heavy atom. The highest BCUT2D eigenvalue weighted by molar-refractivity contribution is 6.30. The van der Waals surface area contributed by atoms with Gasteiger partial charge in [0.1, 0.15) is 6.04 Å². The first-order chi connectivity index (χ1) is 15.6. The van der Waals surface area contributed by atoms with Crippen molar-refractivity contribution in [3.63, 3.8) is 0 Å². The first-order valence-electron chi connectivity index (χ1n) is 10.2. The van der Waals surface area contributed by atoms with Gasteiger partial charge in [0.15, 0.2) is 11.2 Å². The lowest BCUT2D eigenvalue weighted by atomic mass is 9.70. The van der Waals surface area contributed by atoms with Crippen LogP contribution in [0.1, 0.15) is 27.5 Å². The van der Waals surface area contributed by atoms with Crippen LogP contribution in [0, 0.1) is 28.1 Å². The number of fused-ring (bicyclic) bond motifs is 3. The average molecular weight is 437 g/mol. The molecule has 32 heavy (non-hydrogen) atoms. The number of Topliss-reactive ketones (excluding diaryl/α,β-unsaturated/α-hetero) is 1. The average Bonchev–Trinajstić information content (AvgIpc) is 3.15. The number of carbonyl (C=O) groups is 1. The van der Waals surface area contributed by atoms with Crippen molar-refractivity contribution in [1.29, 1.82) is 10.5 Å². The van der Waals surface area contributed by atoms with Crippen LogP contribution in [0.15, 0.2) is 79.0 Å². The Bertz CT molecular complexity index is 1290. The van der Waals surface area contributed by atoms with E-state index < -0.39 is 23.4 Å². The number of ketones is 1. The number of halogens is 1. The van der Waals surface area contributed by atoms with E-state index in [1.165, 1.54) is 0 Å². The van der Waals surface area contributed by atoms with E-state index in [2.05, 4.69) is 17.1 Å². The van der Waals surface area contributed by atoms with E-state index in [-0.39, 0.29) is 5.78 Å². The molecule has 154 valence electrons. The van der Waals surface area contributed by atoms with Crippen molar-refractivity contribution in [1.82, 2.24) is 4.98 Å². The molecule has 6 heteroatoms. The molecule has 0 radical (unpaired) electrons. The predicted octanol–water partition coefficient (Wildman–Crippen LogP) is 5.02.